The molecule has 0 bridgehead atoms. The molecule has 4 rings (SSSR count). The molecule has 2 aromatic rings. The molecule has 6 nitrogen and oxygen atoms in total. The monoisotopic (exact) mass is 617 g/mol. The number of alkyl halides is 6. The van der Waals surface area contributed by atoms with E-state index >= 15 is 0 Å². The quantitative estimate of drug-likeness (QED) is 0.242. The first-order valence-corrected chi connectivity index (χ1v) is 13.3. The van der Waals surface area contributed by atoms with Gasteiger partial charge in [0.2, 0.25) is 0 Å². The van der Waals surface area contributed by atoms with Crippen LogP contribution in [0.4, 0.5) is 35.5 Å². The highest BCUT2D eigenvalue weighted by atomic mass is 19.4. The molecule has 2 aliphatic rings. The van der Waals surface area contributed by atoms with Crippen molar-refractivity contribution in [2.24, 2.45) is 5.41 Å². The molecule has 234 valence electrons. The number of carbonyl (C=O) groups is 2. The Kier molecular flexibility index (Phi) is 8.51. The number of nitrogens with zero attached hydrogens (tertiary/aromatic N) is 1. The first-order valence-electron chi connectivity index (χ1n) is 13.3. The van der Waals surface area contributed by atoms with Crippen LogP contribution < -0.4 is 4.74 Å². The van der Waals surface area contributed by atoms with Gasteiger partial charge in [-0.1, -0.05) is 13.8 Å². The first-order chi connectivity index (χ1) is 19.9. The average Bonchev–Trinajstić information content (AvgIpc) is 3.19. The number of allylic oxidation sites excluding steroid dienone is 1. The van der Waals surface area contributed by atoms with Gasteiger partial charge in [-0.25, -0.2) is 14.0 Å². The van der Waals surface area contributed by atoms with Gasteiger partial charge in [-0.3, -0.25) is 4.90 Å². The van der Waals surface area contributed by atoms with Crippen molar-refractivity contribution in [2.45, 2.75) is 64.5 Å². The highest BCUT2D eigenvalue weighted by Crippen LogP contribution is 2.47. The van der Waals surface area contributed by atoms with Crippen molar-refractivity contribution in [2.75, 3.05) is 20.8 Å². The zero-order chi connectivity index (χ0) is 32.1. The maximum absolute atomic E-state index is 14.7. The number of rotatable bonds is 6. The number of amides is 1. The predicted molar refractivity (Wildman–Crippen MR) is 141 cm³/mol. The van der Waals surface area contributed by atoms with Crippen molar-refractivity contribution in [1.29, 1.82) is 0 Å². The molecule has 13 heteroatoms. The van der Waals surface area contributed by atoms with Gasteiger partial charge in [0, 0.05) is 18.2 Å². The summed E-state index contributed by atoms with van der Waals surface area (Å²) in [6.45, 7) is 5.41. The minimum atomic E-state index is -5.06. The van der Waals surface area contributed by atoms with Crippen molar-refractivity contribution in [3.63, 3.8) is 0 Å². The molecule has 1 aliphatic heterocycles. The molecule has 1 heterocycles. The van der Waals surface area contributed by atoms with Crippen LogP contribution in [0.3, 0.4) is 0 Å². The van der Waals surface area contributed by atoms with E-state index in [0.29, 0.717) is 48.1 Å². The number of benzene rings is 2. The molecule has 0 aromatic heterocycles. The fraction of sp³-hybridized carbons (Fsp3) is 0.467. The average molecular weight is 618 g/mol. The Morgan fingerprint density at radius 1 is 1.02 bits per heavy atom. The van der Waals surface area contributed by atoms with E-state index in [1.807, 2.05) is 13.8 Å². The second kappa shape index (κ2) is 11.4. The van der Waals surface area contributed by atoms with Gasteiger partial charge in [-0.05, 0) is 72.6 Å². The van der Waals surface area contributed by atoms with Crippen LogP contribution in [-0.4, -0.2) is 43.8 Å². The summed E-state index contributed by atoms with van der Waals surface area (Å²) < 4.78 is 111. The van der Waals surface area contributed by atoms with E-state index < -0.39 is 59.1 Å². The molecule has 0 spiro atoms. The molecule has 0 radical (unpaired) electrons. The number of esters is 1. The summed E-state index contributed by atoms with van der Waals surface area (Å²) in [4.78, 5) is 26.5. The van der Waals surface area contributed by atoms with E-state index in [4.69, 9.17) is 14.2 Å². The van der Waals surface area contributed by atoms with Gasteiger partial charge in [0.25, 0.3) is 0 Å². The molecule has 0 saturated carbocycles. The summed E-state index contributed by atoms with van der Waals surface area (Å²) in [5, 5.41) is 0. The predicted octanol–water partition coefficient (Wildman–Crippen LogP) is 8.20. The molecule has 43 heavy (non-hydrogen) atoms. The highest BCUT2D eigenvalue weighted by molar-refractivity contribution is 5.92. The van der Waals surface area contributed by atoms with Crippen LogP contribution in [0.25, 0.3) is 5.57 Å². The SMILES string of the molecule is COC(=O)c1cc(C2=C(CN3C(=O)O[C@H](c4cc(C(F)(F)F)cc(C(F)(F)F)c4)[C@@H]3C)CC(C)(C)CC2)c(OC)cc1F. The summed E-state index contributed by atoms with van der Waals surface area (Å²) in [7, 11) is 2.44. The number of hydrogen-bond acceptors (Lipinski definition) is 5. The van der Waals surface area contributed by atoms with Crippen molar-refractivity contribution < 1.29 is 54.5 Å². The zero-order valence-electron chi connectivity index (χ0n) is 24.0. The Bertz CT molecular complexity index is 1430. The fourth-order valence-electron chi connectivity index (χ4n) is 5.62. The van der Waals surface area contributed by atoms with E-state index in [1.54, 1.807) is 0 Å². The molecule has 1 aliphatic carbocycles. The standard InChI is InChI=1S/C30H30F7NO5/c1-15-25(16-8-18(29(32,33)34)10-19(9-16)30(35,36)37)43-27(40)38(15)14-17-13-28(2,3)7-6-20(17)21-11-22(26(39)42-5)23(31)12-24(21)41-4/h8-12,15,25H,6-7,13-14H2,1-5H3/t15-,25-/m0/s1. The molecule has 0 N–H and O–H groups in total. The number of ether oxygens (including phenoxy) is 3. The third kappa shape index (κ3) is 6.59. The molecule has 2 aromatic carbocycles. The largest absolute Gasteiger partial charge is 0.496 e. The number of halogens is 7. The first kappa shape index (κ1) is 32.2. The Morgan fingerprint density at radius 3 is 2.16 bits per heavy atom. The van der Waals surface area contributed by atoms with Gasteiger partial charge in [0.05, 0.1) is 37.0 Å². The fourth-order valence-corrected chi connectivity index (χ4v) is 5.62. The third-order valence-electron chi connectivity index (χ3n) is 7.88. The maximum atomic E-state index is 14.7. The lowest BCUT2D eigenvalue weighted by molar-refractivity contribution is -0.143. The topological polar surface area (TPSA) is 65.1 Å². The number of cyclic esters (lactones) is 1. The minimum Gasteiger partial charge on any atom is -0.496 e. The van der Waals surface area contributed by atoms with Crippen LogP contribution in [-0.2, 0) is 21.8 Å². The van der Waals surface area contributed by atoms with Gasteiger partial charge in [0.1, 0.15) is 17.7 Å². The number of methoxy groups -OCH3 is 2. The Hall–Kier alpha value is -3.77. The summed E-state index contributed by atoms with van der Waals surface area (Å²) in [6.07, 6.45) is -10.9. The van der Waals surface area contributed by atoms with Gasteiger partial charge in [0.15, 0.2) is 0 Å². The summed E-state index contributed by atoms with van der Waals surface area (Å²) >= 11 is 0. The van der Waals surface area contributed by atoms with Gasteiger partial charge in [-0.2, -0.15) is 26.3 Å². The molecular weight excluding hydrogens is 587 g/mol. The normalized spacial score (nSPS) is 20.7. The Morgan fingerprint density at radius 2 is 1.63 bits per heavy atom. The Labute approximate surface area is 243 Å². The van der Waals surface area contributed by atoms with Crippen LogP contribution in [0.1, 0.15) is 78.7 Å². The lowest BCUT2D eigenvalue weighted by Crippen LogP contribution is -2.35. The number of carbonyl (C=O) groups excluding carboxylic acids is 2. The van der Waals surface area contributed by atoms with Gasteiger partial charge in [-0.15, -0.1) is 0 Å². The highest BCUT2D eigenvalue weighted by Gasteiger charge is 2.44. The van der Waals surface area contributed by atoms with Crippen LogP contribution in [0.2, 0.25) is 0 Å². The van der Waals surface area contributed by atoms with Crippen LogP contribution in [0.5, 0.6) is 5.75 Å². The Balaban J connectivity index is 1.77. The van der Waals surface area contributed by atoms with Crippen LogP contribution >= 0.6 is 0 Å². The third-order valence-corrected chi connectivity index (χ3v) is 7.88. The molecule has 2 atom stereocenters. The van der Waals surface area contributed by atoms with Gasteiger partial charge >= 0.3 is 24.4 Å². The van der Waals surface area contributed by atoms with Crippen LogP contribution in [0, 0.1) is 11.2 Å². The van der Waals surface area contributed by atoms with Gasteiger partial charge < -0.3 is 14.2 Å². The van der Waals surface area contributed by atoms with Crippen molar-refractivity contribution in [3.05, 3.63) is 69.5 Å². The second-order valence-corrected chi connectivity index (χ2v) is 11.5. The minimum absolute atomic E-state index is 0.0164. The molecule has 1 saturated heterocycles. The van der Waals surface area contributed by atoms with Crippen LogP contribution in [0.15, 0.2) is 35.9 Å². The smallest absolute Gasteiger partial charge is 0.416 e. The van der Waals surface area contributed by atoms with E-state index in [9.17, 15) is 40.3 Å². The van der Waals surface area contributed by atoms with Crippen molar-refractivity contribution >= 4 is 17.6 Å². The summed E-state index contributed by atoms with van der Waals surface area (Å²) in [5.74, 6) is -1.63. The molecule has 0 unspecified atom stereocenters. The molecular formula is C30H30F7NO5. The second-order valence-electron chi connectivity index (χ2n) is 11.5. The lowest BCUT2D eigenvalue weighted by atomic mass is 9.72. The van der Waals surface area contributed by atoms with E-state index in [-0.39, 0.29) is 29.3 Å². The maximum Gasteiger partial charge on any atom is 0.416 e. The van der Waals surface area contributed by atoms with Crippen molar-refractivity contribution in [1.82, 2.24) is 4.90 Å². The molecule has 1 amide bonds. The van der Waals surface area contributed by atoms with E-state index in [0.717, 1.165) is 13.2 Å². The van der Waals surface area contributed by atoms with Crippen molar-refractivity contribution in [3.8, 4) is 5.75 Å². The lowest BCUT2D eigenvalue weighted by Gasteiger charge is -2.36. The van der Waals surface area contributed by atoms with E-state index in [2.05, 4.69) is 0 Å². The zero-order valence-corrected chi connectivity index (χ0v) is 24.0. The summed E-state index contributed by atoms with van der Waals surface area (Å²) in [5.41, 5.74) is -2.26. The van der Waals surface area contributed by atoms with E-state index in [1.165, 1.54) is 25.0 Å². The molecule has 1 fully saturated rings. The summed E-state index contributed by atoms with van der Waals surface area (Å²) in [6, 6.07) is 2.54. The number of hydrogen-bond donors (Lipinski definition) is 0.